The molecule has 30 heavy (non-hydrogen) atoms. The highest BCUT2D eigenvalue weighted by molar-refractivity contribution is 7.89. The highest BCUT2D eigenvalue weighted by atomic mass is 32.2. The number of hydrogen-bond acceptors (Lipinski definition) is 6. The number of carbonyl (C=O) groups is 1. The first-order valence-corrected chi connectivity index (χ1v) is 10.6. The second kappa shape index (κ2) is 7.47. The number of aromatic nitrogens is 2. The fraction of sp³-hybridized carbons (Fsp3) is 0.200. The fourth-order valence-electron chi connectivity index (χ4n) is 3.49. The Hall–Kier alpha value is -3.37. The van der Waals surface area contributed by atoms with Gasteiger partial charge in [-0.05, 0) is 35.4 Å². The van der Waals surface area contributed by atoms with Crippen LogP contribution >= 0.6 is 0 Å². The van der Waals surface area contributed by atoms with Gasteiger partial charge < -0.3 is 14.8 Å². The van der Waals surface area contributed by atoms with Crippen LogP contribution in [0.4, 0.5) is 0 Å². The van der Waals surface area contributed by atoms with E-state index in [1.54, 1.807) is 26.4 Å². The van der Waals surface area contributed by atoms with Gasteiger partial charge in [-0.1, -0.05) is 12.1 Å². The normalized spacial score (nSPS) is 12.2. The molecule has 0 fully saturated rings. The van der Waals surface area contributed by atoms with Crippen molar-refractivity contribution in [1.82, 2.24) is 15.5 Å². The summed E-state index contributed by atoms with van der Waals surface area (Å²) >= 11 is 0. The van der Waals surface area contributed by atoms with Crippen molar-refractivity contribution in [2.45, 2.75) is 17.9 Å². The van der Waals surface area contributed by atoms with Crippen LogP contribution in [-0.4, -0.2) is 38.7 Å². The monoisotopic (exact) mass is 428 g/mol. The molecule has 0 saturated heterocycles. The van der Waals surface area contributed by atoms with E-state index in [4.69, 9.17) is 14.6 Å². The zero-order valence-electron chi connectivity index (χ0n) is 16.4. The minimum atomic E-state index is -3.75. The van der Waals surface area contributed by atoms with Crippen LogP contribution < -0.4 is 19.9 Å². The number of benzene rings is 2. The van der Waals surface area contributed by atoms with E-state index < -0.39 is 10.0 Å². The summed E-state index contributed by atoms with van der Waals surface area (Å²) in [7, 11) is -0.603. The van der Waals surface area contributed by atoms with Gasteiger partial charge in [0.15, 0.2) is 11.5 Å². The Morgan fingerprint density at radius 2 is 1.83 bits per heavy atom. The molecule has 1 amide bonds. The van der Waals surface area contributed by atoms with Gasteiger partial charge >= 0.3 is 0 Å². The van der Waals surface area contributed by atoms with Gasteiger partial charge in [-0.3, -0.25) is 9.89 Å². The number of methoxy groups -OCH3 is 2. The summed E-state index contributed by atoms with van der Waals surface area (Å²) in [4.78, 5) is 12.7. The summed E-state index contributed by atoms with van der Waals surface area (Å²) in [6.07, 6.45) is 0.549. The number of nitrogens with zero attached hydrogens (tertiary/aromatic N) is 1. The summed E-state index contributed by atoms with van der Waals surface area (Å²) in [5, 5.41) is 15.1. The highest BCUT2D eigenvalue weighted by Gasteiger charge is 2.29. The maximum atomic E-state index is 12.7. The van der Waals surface area contributed by atoms with Crippen LogP contribution in [0.15, 0.2) is 41.3 Å². The van der Waals surface area contributed by atoms with Crippen molar-refractivity contribution in [3.05, 3.63) is 58.8 Å². The zero-order chi connectivity index (χ0) is 21.5. The zero-order valence-corrected chi connectivity index (χ0v) is 17.2. The van der Waals surface area contributed by atoms with E-state index in [2.05, 4.69) is 15.5 Å². The third-order valence-corrected chi connectivity index (χ3v) is 5.96. The number of amides is 1. The molecule has 0 bridgehead atoms. The van der Waals surface area contributed by atoms with Gasteiger partial charge in [-0.15, -0.1) is 0 Å². The number of sulfonamides is 1. The van der Waals surface area contributed by atoms with Crippen LogP contribution in [0, 0.1) is 0 Å². The lowest BCUT2D eigenvalue weighted by Gasteiger charge is -2.10. The molecule has 0 unspecified atom stereocenters. The largest absolute Gasteiger partial charge is 0.493 e. The lowest BCUT2D eigenvalue weighted by Crippen LogP contribution is -2.24. The Bertz CT molecular complexity index is 1230. The molecule has 1 aliphatic carbocycles. The molecule has 0 aliphatic heterocycles. The van der Waals surface area contributed by atoms with Crippen molar-refractivity contribution in [3.63, 3.8) is 0 Å². The van der Waals surface area contributed by atoms with Crippen molar-refractivity contribution in [1.29, 1.82) is 0 Å². The van der Waals surface area contributed by atoms with E-state index in [1.807, 2.05) is 12.1 Å². The SMILES string of the molecule is COc1cc2c(cc1OC)-c1n[nH]c(C(=O)NCc3ccc(S(N)(=O)=O)cc3)c1C2. The summed E-state index contributed by atoms with van der Waals surface area (Å²) in [5.74, 6) is 0.923. The molecule has 1 aromatic heterocycles. The van der Waals surface area contributed by atoms with Crippen LogP contribution in [0.5, 0.6) is 11.5 Å². The molecule has 0 radical (unpaired) electrons. The molecule has 0 spiro atoms. The maximum Gasteiger partial charge on any atom is 0.269 e. The number of primary sulfonamides is 1. The van der Waals surface area contributed by atoms with Gasteiger partial charge in [0.2, 0.25) is 10.0 Å². The second-order valence-electron chi connectivity index (χ2n) is 6.84. The van der Waals surface area contributed by atoms with Crippen LogP contribution in [0.3, 0.4) is 0 Å². The molecule has 1 heterocycles. The molecule has 0 atom stereocenters. The predicted octanol–water partition coefficient (Wildman–Crippen LogP) is 1.58. The highest BCUT2D eigenvalue weighted by Crippen LogP contribution is 2.42. The van der Waals surface area contributed by atoms with Gasteiger partial charge in [-0.2, -0.15) is 5.10 Å². The molecule has 3 aromatic rings. The molecule has 2 aromatic carbocycles. The Kier molecular flexibility index (Phi) is 4.96. The summed E-state index contributed by atoms with van der Waals surface area (Å²) in [6.45, 7) is 0.228. The first kappa shape index (κ1) is 19.9. The quantitative estimate of drug-likeness (QED) is 0.426. The second-order valence-corrected chi connectivity index (χ2v) is 8.40. The summed E-state index contributed by atoms with van der Waals surface area (Å²) in [6, 6.07) is 9.77. The van der Waals surface area contributed by atoms with E-state index >= 15 is 0 Å². The first-order chi connectivity index (χ1) is 14.3. The number of fused-ring (bicyclic) bond motifs is 3. The molecule has 9 nitrogen and oxygen atoms in total. The third-order valence-electron chi connectivity index (χ3n) is 5.03. The summed E-state index contributed by atoms with van der Waals surface area (Å²) < 4.78 is 33.4. The molecule has 4 rings (SSSR count). The van der Waals surface area contributed by atoms with Crippen molar-refractivity contribution in [2.24, 2.45) is 5.14 Å². The number of ether oxygens (including phenoxy) is 2. The van der Waals surface area contributed by atoms with Crippen LogP contribution in [-0.2, 0) is 23.0 Å². The molecule has 1 aliphatic rings. The lowest BCUT2D eigenvalue weighted by atomic mass is 10.1. The average Bonchev–Trinajstić information content (AvgIpc) is 3.29. The molecule has 0 saturated carbocycles. The number of hydrogen-bond donors (Lipinski definition) is 3. The van der Waals surface area contributed by atoms with Crippen LogP contribution in [0.2, 0.25) is 0 Å². The fourth-order valence-corrected chi connectivity index (χ4v) is 4.01. The van der Waals surface area contributed by atoms with Crippen molar-refractivity contribution < 1.29 is 22.7 Å². The summed E-state index contributed by atoms with van der Waals surface area (Å²) in [5.41, 5.74) is 4.56. The van der Waals surface area contributed by atoms with Crippen LogP contribution in [0.1, 0.15) is 27.2 Å². The van der Waals surface area contributed by atoms with Gasteiger partial charge in [0, 0.05) is 24.1 Å². The minimum Gasteiger partial charge on any atom is -0.493 e. The number of carbonyl (C=O) groups excluding carboxylic acids is 1. The topological polar surface area (TPSA) is 136 Å². The predicted molar refractivity (Wildman–Crippen MR) is 109 cm³/mol. The maximum absolute atomic E-state index is 12.7. The van der Waals surface area contributed by atoms with E-state index in [9.17, 15) is 13.2 Å². The Balaban J connectivity index is 1.51. The van der Waals surface area contributed by atoms with Gasteiger partial charge in [0.25, 0.3) is 5.91 Å². The third kappa shape index (κ3) is 3.51. The van der Waals surface area contributed by atoms with Crippen LogP contribution in [0.25, 0.3) is 11.3 Å². The van der Waals surface area contributed by atoms with Gasteiger partial charge in [0.05, 0.1) is 24.8 Å². The minimum absolute atomic E-state index is 0.0209. The average molecular weight is 428 g/mol. The first-order valence-electron chi connectivity index (χ1n) is 9.04. The molecule has 10 heteroatoms. The number of nitrogens with one attached hydrogen (secondary N) is 2. The standard InChI is InChI=1S/C20H20N4O5S/c1-28-16-8-12-7-15-18(14(12)9-17(16)29-2)23-24-19(15)20(25)22-10-11-3-5-13(6-4-11)30(21,26)27/h3-6,8-9H,7,10H2,1-2H3,(H,22,25)(H,23,24)(H2,21,26,27). The van der Waals surface area contributed by atoms with Gasteiger partial charge in [-0.25, -0.2) is 13.6 Å². The number of nitrogens with two attached hydrogens (primary N) is 1. The van der Waals surface area contributed by atoms with E-state index in [1.165, 1.54) is 12.1 Å². The van der Waals surface area contributed by atoms with E-state index in [0.29, 0.717) is 29.3 Å². The van der Waals surface area contributed by atoms with Crippen molar-refractivity contribution in [3.8, 4) is 22.8 Å². The number of H-pyrrole nitrogens is 1. The van der Waals surface area contributed by atoms with E-state index in [0.717, 1.165) is 22.3 Å². The molecular weight excluding hydrogens is 408 g/mol. The Morgan fingerprint density at radius 3 is 2.47 bits per heavy atom. The molecule has 156 valence electrons. The van der Waals surface area contributed by atoms with Gasteiger partial charge in [0.1, 0.15) is 5.69 Å². The van der Waals surface area contributed by atoms with Crippen molar-refractivity contribution in [2.75, 3.05) is 14.2 Å². The van der Waals surface area contributed by atoms with E-state index in [-0.39, 0.29) is 17.3 Å². The smallest absolute Gasteiger partial charge is 0.269 e. The molecular formula is C20H20N4O5S. The Morgan fingerprint density at radius 1 is 1.17 bits per heavy atom. The number of aromatic amines is 1. The molecule has 4 N–H and O–H groups in total. The Labute approximate surface area is 173 Å². The van der Waals surface area contributed by atoms with Crippen molar-refractivity contribution >= 4 is 15.9 Å². The number of rotatable bonds is 6. The lowest BCUT2D eigenvalue weighted by molar-refractivity contribution is 0.0945.